The maximum Gasteiger partial charge on any atom is 0.335 e. The summed E-state index contributed by atoms with van der Waals surface area (Å²) in [6, 6.07) is 0. The van der Waals surface area contributed by atoms with Crippen molar-refractivity contribution in [3.05, 3.63) is 0 Å². The zero-order valence-electron chi connectivity index (χ0n) is 15.1. The fraction of sp³-hybridized carbons (Fsp3) is 0.933. The molecule has 5 N–H and O–H groups in total. The Morgan fingerprint density at radius 3 is 1.96 bits per heavy atom. The van der Waals surface area contributed by atoms with Gasteiger partial charge in [-0.1, -0.05) is 0 Å². The molecule has 0 aromatic heterocycles. The van der Waals surface area contributed by atoms with Crippen LogP contribution in [0.4, 0.5) is 0 Å². The second-order valence-corrected chi connectivity index (χ2v) is 6.26. The molecule has 0 amide bonds. The van der Waals surface area contributed by atoms with Crippen LogP contribution in [0.5, 0.6) is 0 Å². The molecule has 4 unspecified atom stereocenters. The summed E-state index contributed by atoms with van der Waals surface area (Å²) in [5, 5.41) is 50.1. The van der Waals surface area contributed by atoms with E-state index in [9.17, 15) is 30.3 Å². The van der Waals surface area contributed by atoms with Gasteiger partial charge >= 0.3 is 5.97 Å². The molecular formula is C15H26O12. The lowest BCUT2D eigenvalue weighted by atomic mass is 9.96. The SMILES string of the molecule is COCC1O[C@H](O[C@@H]2C(C(=O)O)O[C@H](OC)C(O)[C@H]2O)C(O)[C@@H](O)[C@@H]1OC. The molecule has 2 aliphatic rings. The molecule has 0 saturated carbocycles. The van der Waals surface area contributed by atoms with Crippen molar-refractivity contribution in [2.45, 2.75) is 61.4 Å². The molecule has 0 aromatic carbocycles. The normalized spacial score (nSPS) is 45.6. The molecule has 2 heterocycles. The molecule has 0 spiro atoms. The van der Waals surface area contributed by atoms with Crippen molar-refractivity contribution in [1.82, 2.24) is 0 Å². The number of aliphatic carboxylic acids is 1. The summed E-state index contributed by atoms with van der Waals surface area (Å²) < 4.78 is 30.9. The molecule has 158 valence electrons. The molecule has 2 rings (SSSR count). The molecular weight excluding hydrogens is 372 g/mol. The number of hydrogen-bond donors (Lipinski definition) is 5. The van der Waals surface area contributed by atoms with E-state index in [-0.39, 0.29) is 6.61 Å². The Morgan fingerprint density at radius 1 is 0.852 bits per heavy atom. The fourth-order valence-corrected chi connectivity index (χ4v) is 3.14. The van der Waals surface area contributed by atoms with E-state index in [2.05, 4.69) is 0 Å². The van der Waals surface area contributed by atoms with Crippen molar-refractivity contribution in [1.29, 1.82) is 0 Å². The summed E-state index contributed by atoms with van der Waals surface area (Å²) in [6.07, 6.45) is -14.4. The number of methoxy groups -OCH3 is 3. The summed E-state index contributed by atoms with van der Waals surface area (Å²) in [4.78, 5) is 11.5. The quantitative estimate of drug-likeness (QED) is 0.289. The molecule has 2 fully saturated rings. The number of aliphatic hydroxyl groups is 4. The van der Waals surface area contributed by atoms with Crippen molar-refractivity contribution in [2.24, 2.45) is 0 Å². The molecule has 0 aliphatic carbocycles. The minimum absolute atomic E-state index is 0.0113. The van der Waals surface area contributed by atoms with Crippen LogP contribution in [0.1, 0.15) is 0 Å². The first-order valence-electron chi connectivity index (χ1n) is 8.22. The second-order valence-electron chi connectivity index (χ2n) is 6.26. The van der Waals surface area contributed by atoms with Gasteiger partial charge in [-0.2, -0.15) is 0 Å². The fourth-order valence-electron chi connectivity index (χ4n) is 3.14. The summed E-state index contributed by atoms with van der Waals surface area (Å²) in [7, 11) is 3.88. The average Bonchev–Trinajstić information content (AvgIpc) is 2.63. The maximum atomic E-state index is 11.5. The van der Waals surface area contributed by atoms with Gasteiger partial charge in [0, 0.05) is 21.3 Å². The smallest absolute Gasteiger partial charge is 0.335 e. The standard InChI is InChI=1S/C15H26O12/c1-22-4-5-10(23-2)6(16)9(19)15(25-5)26-11-7(17)8(18)14(24-3)27-12(11)13(20)21/h5-12,14-19H,4H2,1-3H3,(H,20,21)/t5?,6-,7-,8?,9?,10-,11+,12?,14+,15-/m1/s1. The van der Waals surface area contributed by atoms with Gasteiger partial charge in [-0.3, -0.25) is 0 Å². The first kappa shape index (κ1) is 22.4. The molecule has 2 saturated heterocycles. The Hall–Kier alpha value is -0.930. The van der Waals surface area contributed by atoms with Gasteiger partial charge in [-0.15, -0.1) is 0 Å². The van der Waals surface area contributed by atoms with E-state index in [0.717, 1.165) is 0 Å². The van der Waals surface area contributed by atoms with Gasteiger partial charge in [0.1, 0.15) is 42.7 Å². The van der Waals surface area contributed by atoms with E-state index in [1.165, 1.54) is 21.3 Å². The highest BCUT2D eigenvalue weighted by atomic mass is 16.7. The average molecular weight is 398 g/mol. The first-order chi connectivity index (χ1) is 12.8. The molecule has 12 heteroatoms. The molecule has 27 heavy (non-hydrogen) atoms. The van der Waals surface area contributed by atoms with Crippen molar-refractivity contribution in [3.8, 4) is 0 Å². The van der Waals surface area contributed by atoms with E-state index in [4.69, 9.17) is 28.4 Å². The number of carboxylic acid groups (broad SMARTS) is 1. The Morgan fingerprint density at radius 2 is 1.44 bits per heavy atom. The van der Waals surface area contributed by atoms with Crippen LogP contribution in [-0.2, 0) is 33.2 Å². The van der Waals surface area contributed by atoms with E-state index < -0.39 is 67.4 Å². The van der Waals surface area contributed by atoms with Crippen LogP contribution in [0.15, 0.2) is 0 Å². The molecule has 0 radical (unpaired) electrons. The molecule has 12 nitrogen and oxygen atoms in total. The van der Waals surface area contributed by atoms with Crippen LogP contribution in [0.25, 0.3) is 0 Å². The Labute approximate surface area is 155 Å². The number of carboxylic acids is 1. The lowest BCUT2D eigenvalue weighted by Crippen LogP contribution is -2.65. The van der Waals surface area contributed by atoms with Gasteiger partial charge < -0.3 is 54.0 Å². The van der Waals surface area contributed by atoms with Crippen molar-refractivity contribution < 1.29 is 58.7 Å². The zero-order chi connectivity index (χ0) is 20.3. The van der Waals surface area contributed by atoms with E-state index >= 15 is 0 Å². The van der Waals surface area contributed by atoms with Crippen LogP contribution < -0.4 is 0 Å². The topological polar surface area (TPSA) is 174 Å². The first-order valence-corrected chi connectivity index (χ1v) is 8.22. The van der Waals surface area contributed by atoms with Gasteiger partial charge in [-0.05, 0) is 0 Å². The van der Waals surface area contributed by atoms with Crippen LogP contribution in [0.2, 0.25) is 0 Å². The highest BCUT2D eigenvalue weighted by Crippen LogP contribution is 2.30. The Kier molecular flexibility index (Phi) is 7.88. The number of ether oxygens (including phenoxy) is 6. The number of hydrogen-bond acceptors (Lipinski definition) is 11. The third kappa shape index (κ3) is 4.56. The van der Waals surface area contributed by atoms with Crippen LogP contribution >= 0.6 is 0 Å². The number of aliphatic hydroxyl groups excluding tert-OH is 4. The summed E-state index contributed by atoms with van der Waals surface area (Å²) >= 11 is 0. The van der Waals surface area contributed by atoms with Gasteiger partial charge in [0.25, 0.3) is 0 Å². The predicted molar refractivity (Wildman–Crippen MR) is 83.5 cm³/mol. The van der Waals surface area contributed by atoms with Gasteiger partial charge in [0.2, 0.25) is 0 Å². The zero-order valence-corrected chi connectivity index (χ0v) is 15.1. The maximum absolute atomic E-state index is 11.5. The van der Waals surface area contributed by atoms with Gasteiger partial charge in [-0.25, -0.2) is 4.79 Å². The number of rotatable bonds is 7. The predicted octanol–water partition coefficient (Wildman–Crippen LogP) is -3.34. The third-order valence-electron chi connectivity index (χ3n) is 4.56. The van der Waals surface area contributed by atoms with E-state index in [0.29, 0.717) is 0 Å². The molecule has 0 bridgehead atoms. The van der Waals surface area contributed by atoms with Crippen LogP contribution in [0, 0.1) is 0 Å². The highest BCUT2D eigenvalue weighted by molar-refractivity contribution is 5.73. The van der Waals surface area contributed by atoms with E-state index in [1.54, 1.807) is 0 Å². The molecule has 2 aliphatic heterocycles. The lowest BCUT2D eigenvalue weighted by molar-refractivity contribution is -0.354. The van der Waals surface area contributed by atoms with Crippen molar-refractivity contribution in [3.63, 3.8) is 0 Å². The monoisotopic (exact) mass is 398 g/mol. The minimum Gasteiger partial charge on any atom is -0.479 e. The molecule has 10 atom stereocenters. The summed E-state index contributed by atoms with van der Waals surface area (Å²) in [5.74, 6) is -1.48. The summed E-state index contributed by atoms with van der Waals surface area (Å²) in [6.45, 7) is -0.0113. The van der Waals surface area contributed by atoms with Crippen LogP contribution in [0.3, 0.4) is 0 Å². The van der Waals surface area contributed by atoms with Crippen molar-refractivity contribution in [2.75, 3.05) is 27.9 Å². The molecule has 0 aromatic rings. The van der Waals surface area contributed by atoms with E-state index in [1.807, 2.05) is 0 Å². The third-order valence-corrected chi connectivity index (χ3v) is 4.56. The summed E-state index contributed by atoms with van der Waals surface area (Å²) in [5.41, 5.74) is 0. The van der Waals surface area contributed by atoms with Crippen molar-refractivity contribution >= 4 is 5.97 Å². The van der Waals surface area contributed by atoms with Crippen LogP contribution in [-0.4, -0.2) is 121 Å². The van der Waals surface area contributed by atoms with Gasteiger partial charge in [0.05, 0.1) is 6.61 Å². The highest BCUT2D eigenvalue weighted by Gasteiger charge is 2.53. The minimum atomic E-state index is -1.72. The second kappa shape index (κ2) is 9.52. The van der Waals surface area contributed by atoms with Gasteiger partial charge in [0.15, 0.2) is 18.7 Å². The Bertz CT molecular complexity index is 489. The Balaban J connectivity index is 2.20. The lowest BCUT2D eigenvalue weighted by Gasteiger charge is -2.45. The number of carbonyl (C=O) groups is 1. The largest absolute Gasteiger partial charge is 0.479 e.